The molecular weight excluding hydrogens is 388 g/mol. The van der Waals surface area contributed by atoms with E-state index in [1.165, 1.54) is 24.9 Å². The van der Waals surface area contributed by atoms with Crippen molar-refractivity contribution in [2.75, 3.05) is 12.4 Å². The van der Waals surface area contributed by atoms with Crippen molar-refractivity contribution >= 4 is 23.4 Å². The lowest BCUT2D eigenvalue weighted by atomic mass is 10.2. The van der Waals surface area contributed by atoms with Gasteiger partial charge in [0.25, 0.3) is 0 Å². The van der Waals surface area contributed by atoms with E-state index in [-0.39, 0.29) is 23.6 Å². The Morgan fingerprint density at radius 3 is 2.79 bits per heavy atom. The second-order valence-electron chi connectivity index (χ2n) is 6.51. The third-order valence-corrected chi connectivity index (χ3v) is 5.04. The summed E-state index contributed by atoms with van der Waals surface area (Å²) in [5.74, 6) is 0.439. The molecule has 0 fully saturated rings. The van der Waals surface area contributed by atoms with Gasteiger partial charge in [0.05, 0.1) is 13.3 Å². The van der Waals surface area contributed by atoms with Crippen LogP contribution in [0.5, 0.6) is 5.75 Å². The van der Waals surface area contributed by atoms with E-state index in [2.05, 4.69) is 15.3 Å². The number of benzene rings is 1. The first-order valence-electron chi connectivity index (χ1n) is 9.01. The van der Waals surface area contributed by atoms with Gasteiger partial charge in [-0.05, 0) is 37.6 Å². The Hall–Kier alpha value is -3.13. The molecule has 0 bridgehead atoms. The second kappa shape index (κ2) is 9.38. The maximum Gasteiger partial charge on any atom is 0.244 e. The number of anilines is 1. The van der Waals surface area contributed by atoms with Crippen molar-refractivity contribution in [1.29, 1.82) is 0 Å². The van der Waals surface area contributed by atoms with Crippen molar-refractivity contribution < 1.29 is 9.53 Å². The number of methoxy groups -OCH3 is 1. The standard InChI is InChI=1S/C21H22N4O3S/c1-14-5-4-6-16(9-14)24-20(27)12-25-11-19(28-3)18(26)10-17(25)13-29-21-22-8-7-15(2)23-21/h4-11H,12-13H2,1-3H3,(H,24,27). The lowest BCUT2D eigenvalue weighted by Crippen LogP contribution is -2.22. The smallest absolute Gasteiger partial charge is 0.244 e. The van der Waals surface area contributed by atoms with E-state index in [0.29, 0.717) is 16.6 Å². The fourth-order valence-corrected chi connectivity index (χ4v) is 3.60. The van der Waals surface area contributed by atoms with Gasteiger partial charge in [-0.25, -0.2) is 9.97 Å². The maximum absolute atomic E-state index is 12.6. The molecule has 0 saturated heterocycles. The molecular formula is C21H22N4O3S. The second-order valence-corrected chi connectivity index (χ2v) is 7.45. The van der Waals surface area contributed by atoms with Crippen LogP contribution in [0.3, 0.4) is 0 Å². The number of hydrogen-bond donors (Lipinski definition) is 1. The van der Waals surface area contributed by atoms with Crippen LogP contribution in [0, 0.1) is 13.8 Å². The number of thioether (sulfide) groups is 1. The van der Waals surface area contributed by atoms with Crippen LogP contribution < -0.4 is 15.5 Å². The van der Waals surface area contributed by atoms with E-state index in [1.54, 1.807) is 17.0 Å². The summed E-state index contributed by atoms with van der Waals surface area (Å²) in [5, 5.41) is 3.50. The number of carbonyl (C=O) groups excluding carboxylic acids is 1. The van der Waals surface area contributed by atoms with E-state index >= 15 is 0 Å². The lowest BCUT2D eigenvalue weighted by Gasteiger charge is -2.15. The van der Waals surface area contributed by atoms with Crippen LogP contribution in [0.15, 0.2) is 58.7 Å². The average molecular weight is 410 g/mol. The molecule has 0 unspecified atom stereocenters. The summed E-state index contributed by atoms with van der Waals surface area (Å²) in [6.45, 7) is 3.91. The van der Waals surface area contributed by atoms with Gasteiger partial charge in [-0.15, -0.1) is 0 Å². The number of carbonyl (C=O) groups is 1. The Labute approximate surface area is 173 Å². The molecule has 0 saturated carbocycles. The molecule has 1 amide bonds. The topological polar surface area (TPSA) is 86.1 Å². The van der Waals surface area contributed by atoms with Gasteiger partial charge in [0.2, 0.25) is 11.3 Å². The average Bonchev–Trinajstić information content (AvgIpc) is 2.68. The monoisotopic (exact) mass is 410 g/mol. The van der Waals surface area contributed by atoms with Crippen LogP contribution in [0.1, 0.15) is 17.0 Å². The zero-order chi connectivity index (χ0) is 20.8. The van der Waals surface area contributed by atoms with Crippen LogP contribution in [0.2, 0.25) is 0 Å². The zero-order valence-corrected chi connectivity index (χ0v) is 17.3. The fourth-order valence-electron chi connectivity index (χ4n) is 2.73. The van der Waals surface area contributed by atoms with Gasteiger partial charge >= 0.3 is 0 Å². The lowest BCUT2D eigenvalue weighted by molar-refractivity contribution is -0.116. The molecule has 0 atom stereocenters. The molecule has 3 aromatic rings. The van der Waals surface area contributed by atoms with Crippen LogP contribution in [-0.4, -0.2) is 27.6 Å². The number of ether oxygens (including phenoxy) is 1. The summed E-state index contributed by atoms with van der Waals surface area (Å²) >= 11 is 1.40. The molecule has 2 heterocycles. The molecule has 7 nitrogen and oxygen atoms in total. The highest BCUT2D eigenvalue weighted by molar-refractivity contribution is 7.98. The summed E-state index contributed by atoms with van der Waals surface area (Å²) < 4.78 is 6.85. The van der Waals surface area contributed by atoms with Crippen molar-refractivity contribution in [2.24, 2.45) is 0 Å². The minimum atomic E-state index is -0.233. The number of nitrogens with zero attached hydrogens (tertiary/aromatic N) is 3. The van der Waals surface area contributed by atoms with E-state index in [9.17, 15) is 9.59 Å². The van der Waals surface area contributed by atoms with Crippen LogP contribution >= 0.6 is 11.8 Å². The van der Waals surface area contributed by atoms with Crippen LogP contribution in [0.4, 0.5) is 5.69 Å². The highest BCUT2D eigenvalue weighted by Crippen LogP contribution is 2.20. The number of hydrogen-bond acceptors (Lipinski definition) is 6. The normalized spacial score (nSPS) is 10.6. The summed E-state index contributed by atoms with van der Waals surface area (Å²) in [6, 6.07) is 10.9. The van der Waals surface area contributed by atoms with Gasteiger partial charge in [0.1, 0.15) is 6.54 Å². The first kappa shape index (κ1) is 20.6. The van der Waals surface area contributed by atoms with E-state index in [4.69, 9.17) is 4.74 Å². The molecule has 3 rings (SSSR count). The molecule has 29 heavy (non-hydrogen) atoms. The predicted octanol–water partition coefficient (Wildman–Crippen LogP) is 3.19. The Bertz CT molecular complexity index is 1080. The number of aryl methyl sites for hydroxylation is 2. The number of rotatable bonds is 7. The van der Waals surface area contributed by atoms with Gasteiger partial charge in [0, 0.05) is 35.1 Å². The quantitative estimate of drug-likeness (QED) is 0.476. The number of nitrogens with one attached hydrogen (secondary N) is 1. The fraction of sp³-hybridized carbons (Fsp3) is 0.238. The number of aromatic nitrogens is 3. The Morgan fingerprint density at radius 1 is 1.24 bits per heavy atom. The summed E-state index contributed by atoms with van der Waals surface area (Å²) in [6.07, 6.45) is 3.26. The molecule has 0 aliphatic heterocycles. The predicted molar refractivity (Wildman–Crippen MR) is 113 cm³/mol. The van der Waals surface area contributed by atoms with Gasteiger partial charge in [-0.1, -0.05) is 23.9 Å². The van der Waals surface area contributed by atoms with E-state index < -0.39 is 0 Å². The van der Waals surface area contributed by atoms with Gasteiger partial charge in [0.15, 0.2) is 10.9 Å². The van der Waals surface area contributed by atoms with E-state index in [0.717, 1.165) is 16.9 Å². The molecule has 150 valence electrons. The zero-order valence-electron chi connectivity index (χ0n) is 16.5. The molecule has 2 aromatic heterocycles. The van der Waals surface area contributed by atoms with Gasteiger partial charge in [-0.3, -0.25) is 9.59 Å². The minimum absolute atomic E-state index is 0.0507. The molecule has 0 spiro atoms. The largest absolute Gasteiger partial charge is 0.491 e. The van der Waals surface area contributed by atoms with Crippen molar-refractivity contribution in [3.05, 3.63) is 76.0 Å². The third kappa shape index (κ3) is 5.68. The van der Waals surface area contributed by atoms with Crippen LogP contribution in [0.25, 0.3) is 0 Å². The molecule has 1 aromatic carbocycles. The SMILES string of the molecule is COc1cn(CC(=O)Nc2cccc(C)c2)c(CSc2nccc(C)n2)cc1=O. The summed E-state index contributed by atoms with van der Waals surface area (Å²) in [5.41, 5.74) is 3.11. The molecule has 0 radical (unpaired) electrons. The Morgan fingerprint density at radius 2 is 2.07 bits per heavy atom. The molecule has 8 heteroatoms. The maximum atomic E-state index is 12.6. The highest BCUT2D eigenvalue weighted by Gasteiger charge is 2.12. The highest BCUT2D eigenvalue weighted by atomic mass is 32.2. The molecule has 1 N–H and O–H groups in total. The van der Waals surface area contributed by atoms with Crippen LogP contribution in [-0.2, 0) is 17.1 Å². The first-order chi connectivity index (χ1) is 13.9. The molecule has 0 aliphatic rings. The van der Waals surface area contributed by atoms with Crippen molar-refractivity contribution in [1.82, 2.24) is 14.5 Å². The summed E-state index contributed by atoms with van der Waals surface area (Å²) in [4.78, 5) is 33.4. The number of pyridine rings is 1. The van der Waals surface area contributed by atoms with Crippen molar-refractivity contribution in [3.8, 4) is 5.75 Å². The third-order valence-electron chi connectivity index (χ3n) is 4.14. The Kier molecular flexibility index (Phi) is 6.66. The van der Waals surface area contributed by atoms with Crippen molar-refractivity contribution in [2.45, 2.75) is 31.3 Å². The Balaban J connectivity index is 1.80. The van der Waals surface area contributed by atoms with Gasteiger partial charge < -0.3 is 14.6 Å². The van der Waals surface area contributed by atoms with Gasteiger partial charge in [-0.2, -0.15) is 0 Å². The first-order valence-corrected chi connectivity index (χ1v) is 9.99. The summed E-state index contributed by atoms with van der Waals surface area (Å²) in [7, 11) is 1.43. The number of amides is 1. The van der Waals surface area contributed by atoms with E-state index in [1.807, 2.05) is 44.2 Å². The van der Waals surface area contributed by atoms with Crippen molar-refractivity contribution in [3.63, 3.8) is 0 Å². The minimum Gasteiger partial charge on any atom is -0.491 e. The molecule has 0 aliphatic carbocycles.